The Morgan fingerprint density at radius 2 is 1.54 bits per heavy atom. The van der Waals surface area contributed by atoms with E-state index >= 15 is 0 Å². The zero-order chi connectivity index (χ0) is 20.1. The van der Waals surface area contributed by atoms with Crippen molar-refractivity contribution in [2.45, 2.75) is 19.8 Å². The van der Waals surface area contributed by atoms with Crippen LogP contribution in [0.5, 0.6) is 0 Å². The van der Waals surface area contributed by atoms with Crippen LogP contribution in [0, 0.1) is 17.7 Å². The fourth-order valence-corrected chi connectivity index (χ4v) is 3.47. The lowest BCUT2D eigenvalue weighted by atomic mass is 9.85. The summed E-state index contributed by atoms with van der Waals surface area (Å²) in [7, 11) is 0. The maximum atomic E-state index is 13.0. The van der Waals surface area contributed by atoms with Gasteiger partial charge in [0.05, 0.1) is 0 Å². The molecule has 2 aromatic rings. The molecule has 3 amide bonds. The third-order valence-electron chi connectivity index (χ3n) is 5.15. The Morgan fingerprint density at radius 3 is 2.14 bits per heavy atom. The number of amides is 3. The third-order valence-corrected chi connectivity index (χ3v) is 5.41. The fourth-order valence-electron chi connectivity index (χ4n) is 3.34. The Morgan fingerprint density at radius 1 is 1.00 bits per heavy atom. The summed E-state index contributed by atoms with van der Waals surface area (Å²) in [5.74, 6) is -0.419. The number of benzene rings is 2. The Kier molecular flexibility index (Phi) is 6.52. The molecule has 0 spiro atoms. The zero-order valence-corrected chi connectivity index (χ0v) is 16.4. The monoisotopic (exact) mass is 403 g/mol. The van der Waals surface area contributed by atoms with Crippen molar-refractivity contribution in [2.75, 3.05) is 23.7 Å². The molecule has 1 fully saturated rings. The van der Waals surface area contributed by atoms with E-state index in [1.807, 2.05) is 6.92 Å². The van der Waals surface area contributed by atoms with Crippen molar-refractivity contribution in [3.8, 4) is 0 Å². The molecule has 5 nitrogen and oxygen atoms in total. The first kappa shape index (κ1) is 20.1. The van der Waals surface area contributed by atoms with E-state index < -0.39 is 0 Å². The third kappa shape index (κ3) is 5.23. The van der Waals surface area contributed by atoms with Gasteiger partial charge >= 0.3 is 6.03 Å². The van der Waals surface area contributed by atoms with Crippen LogP contribution in [-0.4, -0.2) is 29.9 Å². The summed E-state index contributed by atoms with van der Waals surface area (Å²) in [6, 6.07) is 12.5. The second-order valence-corrected chi connectivity index (χ2v) is 7.48. The molecule has 0 bridgehead atoms. The van der Waals surface area contributed by atoms with Gasteiger partial charge in [-0.05, 0) is 67.3 Å². The minimum Gasteiger partial charge on any atom is -0.326 e. The molecule has 0 aliphatic carbocycles. The van der Waals surface area contributed by atoms with Gasteiger partial charge in [-0.25, -0.2) is 9.18 Å². The van der Waals surface area contributed by atoms with Crippen molar-refractivity contribution in [3.05, 3.63) is 59.4 Å². The number of rotatable bonds is 4. The minimum atomic E-state index is -0.338. The van der Waals surface area contributed by atoms with Crippen LogP contribution in [0.25, 0.3) is 0 Å². The molecule has 0 radical (unpaired) electrons. The molecule has 0 saturated carbocycles. The second kappa shape index (κ2) is 9.06. The molecule has 7 heteroatoms. The van der Waals surface area contributed by atoms with Crippen LogP contribution in [0.2, 0.25) is 5.02 Å². The standard InChI is InChI=1S/C21H23ClFN3O2/c1-14(20(27)24-18-8-4-17(23)5-9-18)15-10-12-26(13-11-15)21(28)25-19-6-2-16(22)3-7-19/h2-9,14-15H,10-13H2,1H3,(H,24,27)(H,25,28)/t14-/m1/s1. The van der Waals surface area contributed by atoms with E-state index in [0.717, 1.165) is 12.8 Å². The van der Waals surface area contributed by atoms with Gasteiger partial charge in [0.1, 0.15) is 5.82 Å². The van der Waals surface area contributed by atoms with Gasteiger partial charge in [0.2, 0.25) is 5.91 Å². The van der Waals surface area contributed by atoms with Crippen LogP contribution >= 0.6 is 11.6 Å². The summed E-state index contributed by atoms with van der Waals surface area (Å²) in [6.07, 6.45) is 1.51. The van der Waals surface area contributed by atoms with Crippen LogP contribution in [-0.2, 0) is 4.79 Å². The second-order valence-electron chi connectivity index (χ2n) is 7.05. The molecule has 3 rings (SSSR count). The predicted octanol–water partition coefficient (Wildman–Crippen LogP) is 5.00. The molecule has 1 atom stereocenters. The Labute approximate surface area is 168 Å². The van der Waals surface area contributed by atoms with Gasteiger partial charge in [-0.3, -0.25) is 4.79 Å². The van der Waals surface area contributed by atoms with Crippen molar-refractivity contribution in [1.82, 2.24) is 4.90 Å². The molecular formula is C21H23ClFN3O2. The first-order valence-corrected chi connectivity index (χ1v) is 9.68. The van der Waals surface area contributed by atoms with Crippen molar-refractivity contribution >= 4 is 34.9 Å². The quantitative estimate of drug-likeness (QED) is 0.754. The van der Waals surface area contributed by atoms with E-state index in [1.165, 1.54) is 12.1 Å². The fraction of sp³-hybridized carbons (Fsp3) is 0.333. The number of anilines is 2. The molecule has 148 valence electrons. The molecule has 2 N–H and O–H groups in total. The van der Waals surface area contributed by atoms with Gasteiger partial charge < -0.3 is 15.5 Å². The number of hydrogen-bond donors (Lipinski definition) is 2. The lowest BCUT2D eigenvalue weighted by molar-refractivity contribution is -0.121. The molecule has 2 aromatic carbocycles. The Bertz CT molecular complexity index is 819. The van der Waals surface area contributed by atoms with Crippen LogP contribution in [0.15, 0.2) is 48.5 Å². The molecular weight excluding hydrogens is 381 g/mol. The number of piperidine rings is 1. The van der Waals surface area contributed by atoms with Gasteiger partial charge in [-0.2, -0.15) is 0 Å². The van der Waals surface area contributed by atoms with E-state index in [-0.39, 0.29) is 29.6 Å². The maximum Gasteiger partial charge on any atom is 0.321 e. The van der Waals surface area contributed by atoms with Gasteiger partial charge in [0, 0.05) is 35.4 Å². The summed E-state index contributed by atoms with van der Waals surface area (Å²) >= 11 is 5.85. The number of nitrogens with zero attached hydrogens (tertiary/aromatic N) is 1. The van der Waals surface area contributed by atoms with Gasteiger partial charge in [0.15, 0.2) is 0 Å². The zero-order valence-electron chi connectivity index (χ0n) is 15.6. The number of halogens is 2. The first-order valence-electron chi connectivity index (χ1n) is 9.30. The highest BCUT2D eigenvalue weighted by molar-refractivity contribution is 6.30. The summed E-state index contributed by atoms with van der Waals surface area (Å²) < 4.78 is 13.0. The molecule has 0 aromatic heterocycles. The van der Waals surface area contributed by atoms with Crippen molar-refractivity contribution in [2.24, 2.45) is 11.8 Å². The van der Waals surface area contributed by atoms with Crippen molar-refractivity contribution in [3.63, 3.8) is 0 Å². The van der Waals surface area contributed by atoms with Crippen molar-refractivity contribution < 1.29 is 14.0 Å². The highest BCUT2D eigenvalue weighted by Crippen LogP contribution is 2.26. The SMILES string of the molecule is C[C@@H](C(=O)Nc1ccc(F)cc1)C1CCN(C(=O)Nc2ccc(Cl)cc2)CC1. The van der Waals surface area contributed by atoms with E-state index in [1.54, 1.807) is 41.3 Å². The number of nitrogens with one attached hydrogen (secondary N) is 2. The number of carbonyl (C=O) groups is 2. The maximum absolute atomic E-state index is 13.0. The molecule has 1 saturated heterocycles. The van der Waals surface area contributed by atoms with Crippen LogP contribution in [0.4, 0.5) is 20.6 Å². The number of urea groups is 1. The predicted molar refractivity (Wildman–Crippen MR) is 109 cm³/mol. The topological polar surface area (TPSA) is 61.4 Å². The van der Waals surface area contributed by atoms with Crippen LogP contribution < -0.4 is 10.6 Å². The van der Waals surface area contributed by atoms with Crippen molar-refractivity contribution in [1.29, 1.82) is 0 Å². The van der Waals surface area contributed by atoms with Crippen LogP contribution in [0.3, 0.4) is 0 Å². The normalized spacial score (nSPS) is 15.8. The summed E-state index contributed by atoms with van der Waals surface area (Å²) in [6.45, 7) is 3.09. The number of carbonyl (C=O) groups excluding carboxylic acids is 2. The Balaban J connectivity index is 1.48. The lowest BCUT2D eigenvalue weighted by Crippen LogP contribution is -2.43. The number of hydrogen-bond acceptors (Lipinski definition) is 2. The van der Waals surface area contributed by atoms with E-state index in [2.05, 4.69) is 10.6 Å². The van der Waals surface area contributed by atoms with Gasteiger partial charge in [0.25, 0.3) is 0 Å². The summed E-state index contributed by atoms with van der Waals surface area (Å²) in [5.41, 5.74) is 1.28. The Hall–Kier alpha value is -2.60. The van der Waals surface area contributed by atoms with Gasteiger partial charge in [-0.1, -0.05) is 18.5 Å². The average molecular weight is 404 g/mol. The van der Waals surface area contributed by atoms with E-state index in [0.29, 0.717) is 29.5 Å². The van der Waals surface area contributed by atoms with E-state index in [9.17, 15) is 14.0 Å². The summed E-state index contributed by atoms with van der Waals surface area (Å²) in [4.78, 5) is 26.6. The molecule has 1 aliphatic rings. The number of likely N-dealkylation sites (tertiary alicyclic amines) is 1. The largest absolute Gasteiger partial charge is 0.326 e. The lowest BCUT2D eigenvalue weighted by Gasteiger charge is -2.34. The highest BCUT2D eigenvalue weighted by atomic mass is 35.5. The minimum absolute atomic E-state index is 0.0873. The molecule has 28 heavy (non-hydrogen) atoms. The molecule has 1 heterocycles. The highest BCUT2D eigenvalue weighted by Gasteiger charge is 2.30. The molecule has 1 aliphatic heterocycles. The van der Waals surface area contributed by atoms with E-state index in [4.69, 9.17) is 11.6 Å². The first-order chi connectivity index (χ1) is 13.4. The average Bonchev–Trinajstić information content (AvgIpc) is 2.71. The van der Waals surface area contributed by atoms with Crippen LogP contribution in [0.1, 0.15) is 19.8 Å². The summed E-state index contributed by atoms with van der Waals surface area (Å²) in [5, 5.41) is 6.31. The van der Waals surface area contributed by atoms with Gasteiger partial charge in [-0.15, -0.1) is 0 Å². The smallest absolute Gasteiger partial charge is 0.321 e. The molecule has 0 unspecified atom stereocenters.